The van der Waals surface area contributed by atoms with Crippen molar-refractivity contribution in [2.24, 2.45) is 11.7 Å². The Labute approximate surface area is 133 Å². The first-order chi connectivity index (χ1) is 10.7. The SMILES string of the molecule is CN(C(=O)C(N)C1CCC(c2ccccc2)CC1)C1CCC1. The highest BCUT2D eigenvalue weighted by Gasteiger charge is 2.34. The largest absolute Gasteiger partial charge is 0.341 e. The lowest BCUT2D eigenvalue weighted by molar-refractivity contribution is -0.136. The van der Waals surface area contributed by atoms with Crippen LogP contribution < -0.4 is 5.73 Å². The maximum absolute atomic E-state index is 12.5. The van der Waals surface area contributed by atoms with Crippen LogP contribution in [-0.4, -0.2) is 29.9 Å². The second-order valence-corrected chi connectivity index (χ2v) is 7.08. The molecule has 1 amide bonds. The summed E-state index contributed by atoms with van der Waals surface area (Å²) in [7, 11) is 1.93. The Morgan fingerprint density at radius 3 is 2.27 bits per heavy atom. The first-order valence-electron chi connectivity index (χ1n) is 8.74. The van der Waals surface area contributed by atoms with E-state index < -0.39 is 0 Å². The molecule has 1 aromatic rings. The van der Waals surface area contributed by atoms with Gasteiger partial charge in [-0.2, -0.15) is 0 Å². The molecule has 2 fully saturated rings. The van der Waals surface area contributed by atoms with E-state index in [1.54, 1.807) is 0 Å². The van der Waals surface area contributed by atoms with Gasteiger partial charge in [0.15, 0.2) is 0 Å². The Bertz CT molecular complexity index is 489. The third kappa shape index (κ3) is 3.19. The number of amides is 1. The Hall–Kier alpha value is -1.35. The summed E-state index contributed by atoms with van der Waals surface area (Å²) in [6.07, 6.45) is 8.01. The molecule has 2 aliphatic rings. The number of rotatable bonds is 4. The highest BCUT2D eigenvalue weighted by molar-refractivity contribution is 5.82. The van der Waals surface area contributed by atoms with Crippen molar-refractivity contribution in [3.05, 3.63) is 35.9 Å². The van der Waals surface area contributed by atoms with Gasteiger partial charge in [-0.1, -0.05) is 30.3 Å². The van der Waals surface area contributed by atoms with Crippen molar-refractivity contribution in [3.63, 3.8) is 0 Å². The second kappa shape index (κ2) is 6.82. The average Bonchev–Trinajstić information content (AvgIpc) is 2.53. The van der Waals surface area contributed by atoms with Crippen molar-refractivity contribution in [2.75, 3.05) is 7.05 Å². The van der Waals surface area contributed by atoms with E-state index in [9.17, 15) is 4.79 Å². The monoisotopic (exact) mass is 300 g/mol. The summed E-state index contributed by atoms with van der Waals surface area (Å²) in [5, 5.41) is 0. The lowest BCUT2D eigenvalue weighted by Gasteiger charge is -2.38. The molecule has 3 nitrogen and oxygen atoms in total. The van der Waals surface area contributed by atoms with Gasteiger partial charge >= 0.3 is 0 Å². The standard InChI is InChI=1S/C19H28N2O/c1-21(17-8-5-9-17)19(22)18(20)16-12-10-15(11-13-16)14-6-3-2-4-7-14/h2-4,6-7,15-18H,5,8-13,20H2,1H3. The van der Waals surface area contributed by atoms with E-state index in [-0.39, 0.29) is 11.9 Å². The molecule has 2 saturated carbocycles. The van der Waals surface area contributed by atoms with Gasteiger partial charge in [-0.25, -0.2) is 0 Å². The number of likely N-dealkylation sites (N-methyl/N-ethyl adjacent to an activating group) is 1. The minimum absolute atomic E-state index is 0.160. The van der Waals surface area contributed by atoms with Gasteiger partial charge in [0.25, 0.3) is 0 Å². The normalized spacial score (nSPS) is 27.0. The Morgan fingerprint density at radius 1 is 1.09 bits per heavy atom. The summed E-state index contributed by atoms with van der Waals surface area (Å²) in [5.74, 6) is 1.16. The van der Waals surface area contributed by atoms with E-state index in [0.29, 0.717) is 17.9 Å². The van der Waals surface area contributed by atoms with Crippen LogP contribution in [0.3, 0.4) is 0 Å². The molecule has 1 atom stereocenters. The molecule has 0 heterocycles. The predicted octanol–water partition coefficient (Wildman–Crippen LogP) is 3.30. The zero-order valence-electron chi connectivity index (χ0n) is 13.6. The summed E-state index contributed by atoms with van der Waals surface area (Å²) in [6, 6.07) is 10.9. The Kier molecular flexibility index (Phi) is 4.82. The molecule has 0 radical (unpaired) electrons. The van der Waals surface area contributed by atoms with Crippen molar-refractivity contribution in [1.82, 2.24) is 4.90 Å². The number of carbonyl (C=O) groups excluding carboxylic acids is 1. The van der Waals surface area contributed by atoms with E-state index in [2.05, 4.69) is 30.3 Å². The lowest BCUT2D eigenvalue weighted by atomic mass is 9.75. The minimum Gasteiger partial charge on any atom is -0.341 e. The molecule has 3 rings (SSSR count). The summed E-state index contributed by atoms with van der Waals surface area (Å²) in [4.78, 5) is 14.4. The molecular weight excluding hydrogens is 272 g/mol. The topological polar surface area (TPSA) is 46.3 Å². The molecule has 3 heteroatoms. The summed E-state index contributed by atoms with van der Waals surface area (Å²) in [6.45, 7) is 0. The first kappa shape index (κ1) is 15.5. The number of nitrogens with two attached hydrogens (primary N) is 1. The summed E-state index contributed by atoms with van der Waals surface area (Å²) < 4.78 is 0. The fourth-order valence-electron chi connectivity index (χ4n) is 3.93. The molecule has 1 aromatic carbocycles. The average molecular weight is 300 g/mol. The van der Waals surface area contributed by atoms with Gasteiger partial charge in [0.05, 0.1) is 6.04 Å². The molecule has 120 valence electrons. The van der Waals surface area contributed by atoms with E-state index in [1.807, 2.05) is 11.9 Å². The van der Waals surface area contributed by atoms with Crippen LogP contribution in [0.5, 0.6) is 0 Å². The van der Waals surface area contributed by atoms with E-state index in [0.717, 1.165) is 38.5 Å². The van der Waals surface area contributed by atoms with Gasteiger partial charge in [0, 0.05) is 13.1 Å². The van der Waals surface area contributed by atoms with Crippen LogP contribution in [-0.2, 0) is 4.79 Å². The maximum Gasteiger partial charge on any atom is 0.239 e. The van der Waals surface area contributed by atoms with Crippen LogP contribution in [0.2, 0.25) is 0 Å². The summed E-state index contributed by atoms with van der Waals surface area (Å²) >= 11 is 0. The van der Waals surface area contributed by atoms with E-state index in [1.165, 1.54) is 12.0 Å². The molecule has 0 saturated heterocycles. The quantitative estimate of drug-likeness (QED) is 0.927. The van der Waals surface area contributed by atoms with Gasteiger partial charge in [-0.15, -0.1) is 0 Å². The lowest BCUT2D eigenvalue weighted by Crippen LogP contribution is -2.51. The molecule has 0 aliphatic heterocycles. The molecule has 1 unspecified atom stereocenters. The zero-order chi connectivity index (χ0) is 15.5. The number of carbonyl (C=O) groups is 1. The number of hydrogen-bond acceptors (Lipinski definition) is 2. The molecule has 0 bridgehead atoms. The van der Waals surface area contributed by atoms with E-state index in [4.69, 9.17) is 5.73 Å². The van der Waals surface area contributed by atoms with Crippen LogP contribution in [0, 0.1) is 5.92 Å². The number of nitrogens with zero attached hydrogens (tertiary/aromatic N) is 1. The zero-order valence-corrected chi connectivity index (χ0v) is 13.6. The molecule has 2 aliphatic carbocycles. The number of hydrogen-bond donors (Lipinski definition) is 1. The molecule has 0 spiro atoms. The fourth-order valence-corrected chi connectivity index (χ4v) is 3.93. The second-order valence-electron chi connectivity index (χ2n) is 7.08. The van der Waals surface area contributed by atoms with Gasteiger partial charge in [-0.3, -0.25) is 4.79 Å². The molecule has 2 N–H and O–H groups in total. The highest BCUT2D eigenvalue weighted by atomic mass is 16.2. The van der Waals surface area contributed by atoms with Crippen LogP contribution in [0.25, 0.3) is 0 Å². The Morgan fingerprint density at radius 2 is 1.73 bits per heavy atom. The van der Waals surface area contributed by atoms with Gasteiger partial charge < -0.3 is 10.6 Å². The van der Waals surface area contributed by atoms with Crippen LogP contribution in [0.15, 0.2) is 30.3 Å². The van der Waals surface area contributed by atoms with Crippen molar-refractivity contribution in [3.8, 4) is 0 Å². The first-order valence-corrected chi connectivity index (χ1v) is 8.74. The third-order valence-corrected chi connectivity index (χ3v) is 5.81. The predicted molar refractivity (Wildman–Crippen MR) is 89.5 cm³/mol. The Balaban J connectivity index is 1.53. The molecule has 0 aromatic heterocycles. The van der Waals surface area contributed by atoms with Crippen molar-refractivity contribution in [1.29, 1.82) is 0 Å². The van der Waals surface area contributed by atoms with Gasteiger partial charge in [-0.05, 0) is 62.3 Å². The minimum atomic E-state index is -0.303. The third-order valence-electron chi connectivity index (χ3n) is 5.81. The van der Waals surface area contributed by atoms with Crippen LogP contribution >= 0.6 is 0 Å². The highest BCUT2D eigenvalue weighted by Crippen LogP contribution is 2.37. The molecule has 22 heavy (non-hydrogen) atoms. The van der Waals surface area contributed by atoms with E-state index >= 15 is 0 Å². The van der Waals surface area contributed by atoms with Crippen molar-refractivity contribution < 1.29 is 4.79 Å². The van der Waals surface area contributed by atoms with Crippen molar-refractivity contribution in [2.45, 2.75) is 62.9 Å². The number of benzene rings is 1. The maximum atomic E-state index is 12.5. The molecular formula is C19H28N2O. The van der Waals surface area contributed by atoms with Crippen LogP contribution in [0.1, 0.15) is 56.4 Å². The fraction of sp³-hybridized carbons (Fsp3) is 0.632. The van der Waals surface area contributed by atoms with Gasteiger partial charge in [0.2, 0.25) is 5.91 Å². The summed E-state index contributed by atoms with van der Waals surface area (Å²) in [5.41, 5.74) is 7.74. The van der Waals surface area contributed by atoms with Crippen LogP contribution in [0.4, 0.5) is 0 Å². The smallest absolute Gasteiger partial charge is 0.239 e. The van der Waals surface area contributed by atoms with Crippen molar-refractivity contribution >= 4 is 5.91 Å². The van der Waals surface area contributed by atoms with Gasteiger partial charge in [0.1, 0.15) is 0 Å².